The summed E-state index contributed by atoms with van der Waals surface area (Å²) in [4.78, 5) is 56.9. The van der Waals surface area contributed by atoms with Crippen molar-refractivity contribution < 1.29 is 28.3 Å². The van der Waals surface area contributed by atoms with Crippen LogP contribution < -0.4 is 21.7 Å². The number of rotatable bonds is 13. The van der Waals surface area contributed by atoms with Gasteiger partial charge in [-0.15, -0.1) is 0 Å². The van der Waals surface area contributed by atoms with Crippen LogP contribution in [-0.2, 0) is 38.4 Å². The Morgan fingerprint density at radius 3 is 2.38 bits per heavy atom. The molecule has 4 rings (SSSR count). The number of H-pyrrole nitrogens is 1. The summed E-state index contributed by atoms with van der Waals surface area (Å²) in [6, 6.07) is 7.52. The first-order valence-corrected chi connectivity index (χ1v) is 16.6. The molecule has 5 atom stereocenters. The number of ether oxygens (including phenoxy) is 1. The van der Waals surface area contributed by atoms with Gasteiger partial charge in [0.05, 0.1) is 17.1 Å². The zero-order valence-electron chi connectivity index (χ0n) is 27.0. The lowest BCUT2D eigenvalue weighted by Gasteiger charge is -2.39. The molecule has 254 valence electrons. The molecule has 1 aromatic heterocycles. The quantitative estimate of drug-likeness (QED) is 0.163. The average molecular weight is 691 g/mol. The number of hydrogen-bond acceptors (Lipinski definition) is 5. The van der Waals surface area contributed by atoms with Gasteiger partial charge >= 0.3 is 6.09 Å². The number of aryl methyl sites for hydroxylation is 1. The fourth-order valence-corrected chi connectivity index (χ4v) is 6.52. The molecule has 0 bridgehead atoms. The van der Waals surface area contributed by atoms with Gasteiger partial charge in [-0.25, -0.2) is 9.18 Å². The normalized spacial score (nSPS) is 18.4. The molecule has 3 aromatic rings. The molecule has 1 aliphatic carbocycles. The highest BCUT2D eigenvalue weighted by molar-refractivity contribution is 6.38. The first-order chi connectivity index (χ1) is 22.3. The fourth-order valence-electron chi connectivity index (χ4n) is 5.98. The number of hydrogen-bond donors (Lipinski definition) is 5. The van der Waals surface area contributed by atoms with Gasteiger partial charge in [-0.05, 0) is 54.0 Å². The number of alkyl carbamates (subject to hydrolysis) is 1. The Kier molecular flexibility index (Phi) is 11.8. The molecule has 2 aromatic carbocycles. The Labute approximate surface area is 283 Å². The number of carbonyl (C=O) groups is 4. The summed E-state index contributed by atoms with van der Waals surface area (Å²) < 4.78 is 19.3. The molecule has 0 saturated carbocycles. The van der Waals surface area contributed by atoms with E-state index >= 15 is 0 Å². The highest BCUT2D eigenvalue weighted by atomic mass is 35.5. The van der Waals surface area contributed by atoms with Crippen LogP contribution in [0.1, 0.15) is 63.8 Å². The highest BCUT2D eigenvalue weighted by Crippen LogP contribution is 2.38. The number of benzene rings is 2. The minimum Gasteiger partial charge on any atom is -0.449 e. The molecule has 47 heavy (non-hydrogen) atoms. The predicted molar refractivity (Wildman–Crippen MR) is 180 cm³/mol. The van der Waals surface area contributed by atoms with Gasteiger partial charge in [0.2, 0.25) is 17.7 Å². The summed E-state index contributed by atoms with van der Waals surface area (Å²) >= 11 is 12.8. The van der Waals surface area contributed by atoms with Crippen molar-refractivity contribution in [3.05, 3.63) is 69.1 Å². The average Bonchev–Trinajstić information content (AvgIpc) is 3.40. The summed E-state index contributed by atoms with van der Waals surface area (Å²) in [7, 11) is 0. The lowest BCUT2D eigenvalue weighted by molar-refractivity contribution is -0.137. The van der Waals surface area contributed by atoms with E-state index < -0.39 is 47.3 Å². The number of aromatic amines is 1. The van der Waals surface area contributed by atoms with Gasteiger partial charge in [-0.3, -0.25) is 14.4 Å². The van der Waals surface area contributed by atoms with Crippen molar-refractivity contribution in [1.29, 1.82) is 0 Å². The first-order valence-electron chi connectivity index (χ1n) is 15.9. The first kappa shape index (κ1) is 36.0. The van der Waals surface area contributed by atoms with Crippen molar-refractivity contribution in [3.63, 3.8) is 0 Å². The molecule has 1 heterocycles. The summed E-state index contributed by atoms with van der Waals surface area (Å²) in [6.07, 6.45) is 1.02. The molecule has 0 spiro atoms. The molecule has 0 aliphatic heterocycles. The summed E-state index contributed by atoms with van der Waals surface area (Å²) in [5.74, 6) is -2.87. The maximum absolute atomic E-state index is 14.2. The second-order valence-corrected chi connectivity index (χ2v) is 13.2. The maximum Gasteiger partial charge on any atom is 0.407 e. The van der Waals surface area contributed by atoms with Crippen molar-refractivity contribution in [2.24, 2.45) is 17.6 Å². The molecular weight excluding hydrogens is 648 g/mol. The van der Waals surface area contributed by atoms with Gasteiger partial charge in [0.1, 0.15) is 23.4 Å². The van der Waals surface area contributed by atoms with E-state index in [0.717, 1.165) is 11.3 Å². The molecule has 13 heteroatoms. The van der Waals surface area contributed by atoms with Crippen LogP contribution in [0.3, 0.4) is 0 Å². The topological polar surface area (TPSA) is 155 Å². The van der Waals surface area contributed by atoms with Gasteiger partial charge in [-0.2, -0.15) is 0 Å². The summed E-state index contributed by atoms with van der Waals surface area (Å²) in [5, 5.41) is 9.97. The van der Waals surface area contributed by atoms with Crippen LogP contribution in [0.15, 0.2) is 36.4 Å². The number of fused-ring (bicyclic) bond motifs is 3. The van der Waals surface area contributed by atoms with Gasteiger partial charge < -0.3 is 31.4 Å². The van der Waals surface area contributed by atoms with E-state index in [1.54, 1.807) is 37.3 Å². The molecule has 2 unspecified atom stereocenters. The summed E-state index contributed by atoms with van der Waals surface area (Å²) in [6.45, 7) is 7.26. The third-order valence-corrected chi connectivity index (χ3v) is 9.75. The third kappa shape index (κ3) is 8.19. The van der Waals surface area contributed by atoms with Gasteiger partial charge in [0.15, 0.2) is 0 Å². The number of nitrogens with one attached hydrogen (secondary N) is 4. The number of aromatic nitrogens is 1. The van der Waals surface area contributed by atoms with Gasteiger partial charge in [0, 0.05) is 28.9 Å². The van der Waals surface area contributed by atoms with Crippen LogP contribution in [0, 0.1) is 17.7 Å². The fraction of sp³-hybridized carbons (Fsp3) is 0.471. The molecular formula is C34H42Cl2FN5O5. The van der Waals surface area contributed by atoms with E-state index in [1.807, 2.05) is 20.8 Å². The molecule has 6 N–H and O–H groups in total. The second-order valence-electron chi connectivity index (χ2n) is 12.4. The van der Waals surface area contributed by atoms with Crippen LogP contribution >= 0.6 is 23.2 Å². The zero-order valence-corrected chi connectivity index (χ0v) is 28.5. The van der Waals surface area contributed by atoms with Crippen molar-refractivity contribution >= 4 is 57.9 Å². The zero-order chi connectivity index (χ0) is 34.5. The van der Waals surface area contributed by atoms with Crippen molar-refractivity contribution in [3.8, 4) is 0 Å². The van der Waals surface area contributed by atoms with E-state index in [2.05, 4.69) is 20.9 Å². The Morgan fingerprint density at radius 2 is 1.72 bits per heavy atom. The number of amides is 4. The van der Waals surface area contributed by atoms with Crippen LogP contribution in [-0.4, -0.2) is 53.0 Å². The smallest absolute Gasteiger partial charge is 0.407 e. The van der Waals surface area contributed by atoms with E-state index in [0.29, 0.717) is 45.8 Å². The number of nitrogens with two attached hydrogens (primary N) is 1. The Bertz CT molecular complexity index is 1650. The van der Waals surface area contributed by atoms with Gasteiger partial charge in [0.25, 0.3) is 0 Å². The Balaban J connectivity index is 1.62. The standard InChI is InChI=1S/C34H42Cl2FN5O5/c1-5-18(3)27(30(38)43)40-32(45)34(13-11-26-23(17-34)22-15-21(35)16-24(36)29(22)39-26)42-31(44)28(19(4)6-2)41-33(46)47-14-12-20-9-7-8-10-25(20)37/h7-10,15-16,18-19,27-28,39H,5-6,11-14,17H2,1-4H3,(H2,38,43)(H,40,45)(H,41,46)(H,42,44)/t18-,19?,27-,28?,34+/m0/s1. The largest absolute Gasteiger partial charge is 0.449 e. The van der Waals surface area contributed by atoms with Crippen LogP contribution in [0.25, 0.3) is 10.9 Å². The number of primary amides is 1. The minimum absolute atomic E-state index is 0.0584. The van der Waals surface area contributed by atoms with Crippen molar-refractivity contribution in [1.82, 2.24) is 20.9 Å². The predicted octanol–water partition coefficient (Wildman–Crippen LogP) is 5.36. The molecule has 4 amide bonds. The van der Waals surface area contributed by atoms with Crippen molar-refractivity contribution in [2.75, 3.05) is 6.61 Å². The second kappa shape index (κ2) is 15.4. The van der Waals surface area contributed by atoms with Crippen LogP contribution in [0.2, 0.25) is 10.0 Å². The maximum atomic E-state index is 14.2. The minimum atomic E-state index is -1.52. The van der Waals surface area contributed by atoms with E-state index in [9.17, 15) is 23.6 Å². The number of halogens is 3. The highest BCUT2D eigenvalue weighted by Gasteiger charge is 2.46. The van der Waals surface area contributed by atoms with Crippen LogP contribution in [0.4, 0.5) is 9.18 Å². The number of carbonyl (C=O) groups excluding carboxylic acids is 4. The van der Waals surface area contributed by atoms with Crippen LogP contribution in [0.5, 0.6) is 0 Å². The van der Waals surface area contributed by atoms with E-state index in [1.165, 1.54) is 6.07 Å². The SMILES string of the molecule is CCC(C)C(NC(=O)OCCc1ccccc1F)C(=O)N[C@]1(C(=O)N[C@H](C(N)=O)[C@@H](C)CC)CCc2[nH]c3c(Cl)cc(Cl)cc3c2C1. The van der Waals surface area contributed by atoms with Gasteiger partial charge in [-0.1, -0.05) is 81.9 Å². The molecule has 0 radical (unpaired) electrons. The molecule has 1 aliphatic rings. The molecule has 10 nitrogen and oxygen atoms in total. The Morgan fingerprint density at radius 1 is 1.04 bits per heavy atom. The monoisotopic (exact) mass is 689 g/mol. The Hall–Kier alpha value is -3.83. The lowest BCUT2D eigenvalue weighted by Crippen LogP contribution is -2.67. The third-order valence-electron chi connectivity index (χ3n) is 9.24. The van der Waals surface area contributed by atoms with Crippen molar-refractivity contribution in [2.45, 2.75) is 83.8 Å². The van der Waals surface area contributed by atoms with E-state index in [4.69, 9.17) is 33.7 Å². The van der Waals surface area contributed by atoms with E-state index in [-0.39, 0.29) is 37.7 Å². The lowest BCUT2D eigenvalue weighted by atomic mass is 9.78. The molecule has 0 fully saturated rings. The molecule has 0 saturated heterocycles. The summed E-state index contributed by atoms with van der Waals surface area (Å²) in [5.41, 5.74) is 6.84.